The van der Waals surface area contributed by atoms with Crippen LogP contribution in [0.5, 0.6) is 5.75 Å². The molecule has 26 heavy (non-hydrogen) atoms. The molecule has 0 saturated carbocycles. The summed E-state index contributed by atoms with van der Waals surface area (Å²) in [5, 5.41) is 8.70. The van der Waals surface area contributed by atoms with Crippen LogP contribution in [-0.4, -0.2) is 5.16 Å². The Kier molecular flexibility index (Phi) is 6.20. The first-order valence-electron chi connectivity index (χ1n) is 8.33. The van der Waals surface area contributed by atoms with Gasteiger partial charge in [0.2, 0.25) is 0 Å². The summed E-state index contributed by atoms with van der Waals surface area (Å²) in [7, 11) is 0. The molecule has 1 aromatic heterocycles. The fraction of sp³-hybridized carbons (Fsp3) is 0.250. The molecule has 0 saturated heterocycles. The fourth-order valence-corrected chi connectivity index (χ4v) is 2.94. The van der Waals surface area contributed by atoms with Crippen molar-refractivity contribution in [2.45, 2.75) is 33.0 Å². The number of ether oxygens (including phenoxy) is 1. The number of halogens is 2. The quantitative estimate of drug-likeness (QED) is 0.560. The first-order valence-corrected chi connectivity index (χ1v) is 9.09. The molecule has 1 heterocycles. The monoisotopic (exact) mass is 390 g/mol. The largest absolute Gasteiger partial charge is 0.486 e. The number of benzene rings is 2. The molecule has 0 spiro atoms. The summed E-state index contributed by atoms with van der Waals surface area (Å²) in [4.78, 5) is 0. The Morgan fingerprint density at radius 2 is 2.00 bits per heavy atom. The van der Waals surface area contributed by atoms with Gasteiger partial charge in [0, 0.05) is 23.7 Å². The van der Waals surface area contributed by atoms with Gasteiger partial charge in [-0.05, 0) is 49.2 Å². The summed E-state index contributed by atoms with van der Waals surface area (Å²) >= 11 is 12.3. The van der Waals surface area contributed by atoms with Crippen LogP contribution in [0, 0.1) is 6.92 Å². The molecule has 0 fully saturated rings. The van der Waals surface area contributed by atoms with Gasteiger partial charge in [0.1, 0.15) is 23.8 Å². The van der Waals surface area contributed by atoms with Crippen molar-refractivity contribution in [1.29, 1.82) is 0 Å². The summed E-state index contributed by atoms with van der Waals surface area (Å²) in [6.45, 7) is 4.94. The zero-order valence-corrected chi connectivity index (χ0v) is 16.1. The Bertz CT molecular complexity index is 880. The number of nitrogens with zero attached hydrogens (tertiary/aromatic N) is 1. The highest BCUT2D eigenvalue weighted by atomic mass is 35.5. The fourth-order valence-electron chi connectivity index (χ4n) is 2.57. The number of rotatable bonds is 7. The summed E-state index contributed by atoms with van der Waals surface area (Å²) in [5.41, 5.74) is 2.95. The van der Waals surface area contributed by atoms with E-state index in [1.807, 2.05) is 49.4 Å². The zero-order valence-electron chi connectivity index (χ0n) is 14.6. The molecule has 0 aliphatic rings. The zero-order chi connectivity index (χ0) is 18.5. The smallest absolute Gasteiger partial charge is 0.138 e. The highest BCUT2D eigenvalue weighted by molar-refractivity contribution is 6.32. The lowest BCUT2D eigenvalue weighted by Crippen LogP contribution is -2.18. The predicted molar refractivity (Wildman–Crippen MR) is 104 cm³/mol. The van der Waals surface area contributed by atoms with Crippen LogP contribution in [-0.2, 0) is 13.2 Å². The molecule has 1 N–H and O–H groups in total. The van der Waals surface area contributed by atoms with E-state index < -0.39 is 0 Å². The Labute approximate surface area is 163 Å². The summed E-state index contributed by atoms with van der Waals surface area (Å²) < 4.78 is 10.8. The van der Waals surface area contributed by atoms with Crippen LogP contribution in [0.15, 0.2) is 53.1 Å². The molecule has 0 radical (unpaired) electrons. The van der Waals surface area contributed by atoms with Gasteiger partial charge in [0.15, 0.2) is 0 Å². The summed E-state index contributed by atoms with van der Waals surface area (Å²) in [5.74, 6) is 1.38. The first kappa shape index (κ1) is 18.8. The van der Waals surface area contributed by atoms with Gasteiger partial charge in [-0.2, -0.15) is 0 Å². The summed E-state index contributed by atoms with van der Waals surface area (Å²) in [6, 6.07) is 15.6. The van der Waals surface area contributed by atoms with Crippen LogP contribution in [0.4, 0.5) is 0 Å². The number of hydrogen-bond donors (Lipinski definition) is 1. The minimum absolute atomic E-state index is 0.173. The van der Waals surface area contributed by atoms with E-state index in [4.69, 9.17) is 32.5 Å². The standard InChI is InChI=1S/C20H20Cl2N2O2/c1-13-8-18(24-26-13)12-25-20-9-15(6-7-19(20)22)11-23-14(2)16-4-3-5-17(21)10-16/h3-10,14,23H,11-12H2,1-2H3. The van der Waals surface area contributed by atoms with E-state index in [9.17, 15) is 0 Å². The van der Waals surface area contributed by atoms with Crippen molar-refractivity contribution in [2.24, 2.45) is 0 Å². The molecule has 3 rings (SSSR count). The van der Waals surface area contributed by atoms with E-state index in [0.29, 0.717) is 23.9 Å². The van der Waals surface area contributed by atoms with Crippen molar-refractivity contribution >= 4 is 23.2 Å². The van der Waals surface area contributed by atoms with Gasteiger partial charge in [-0.25, -0.2) is 0 Å². The second-order valence-corrected chi connectivity index (χ2v) is 6.98. The number of nitrogens with one attached hydrogen (secondary N) is 1. The second kappa shape index (κ2) is 8.58. The Morgan fingerprint density at radius 3 is 2.73 bits per heavy atom. The molecule has 0 amide bonds. The van der Waals surface area contributed by atoms with Gasteiger partial charge in [-0.15, -0.1) is 0 Å². The van der Waals surface area contributed by atoms with E-state index in [1.54, 1.807) is 0 Å². The average molecular weight is 391 g/mol. The van der Waals surface area contributed by atoms with Crippen molar-refractivity contribution in [1.82, 2.24) is 10.5 Å². The van der Waals surface area contributed by atoms with Gasteiger partial charge in [0.25, 0.3) is 0 Å². The third-order valence-electron chi connectivity index (χ3n) is 4.01. The lowest BCUT2D eigenvalue weighted by Gasteiger charge is -2.15. The average Bonchev–Trinajstić information content (AvgIpc) is 3.05. The maximum absolute atomic E-state index is 6.24. The van der Waals surface area contributed by atoms with E-state index in [1.165, 1.54) is 0 Å². The van der Waals surface area contributed by atoms with Crippen molar-refractivity contribution in [2.75, 3.05) is 0 Å². The molecule has 0 bridgehead atoms. The highest BCUT2D eigenvalue weighted by Crippen LogP contribution is 2.27. The van der Waals surface area contributed by atoms with E-state index >= 15 is 0 Å². The lowest BCUT2D eigenvalue weighted by molar-refractivity contribution is 0.287. The molecule has 3 aromatic rings. The number of hydrogen-bond acceptors (Lipinski definition) is 4. The molecule has 1 atom stereocenters. The van der Waals surface area contributed by atoms with E-state index in [0.717, 1.165) is 27.6 Å². The van der Waals surface area contributed by atoms with Gasteiger partial charge >= 0.3 is 0 Å². The van der Waals surface area contributed by atoms with Crippen LogP contribution in [0.2, 0.25) is 10.0 Å². The van der Waals surface area contributed by atoms with Crippen LogP contribution >= 0.6 is 23.2 Å². The van der Waals surface area contributed by atoms with Gasteiger partial charge < -0.3 is 14.6 Å². The van der Waals surface area contributed by atoms with E-state index in [-0.39, 0.29) is 6.04 Å². The molecule has 0 aliphatic heterocycles. The second-order valence-electron chi connectivity index (χ2n) is 6.14. The predicted octanol–water partition coefficient (Wildman–Crippen LogP) is 5.72. The molecule has 136 valence electrons. The highest BCUT2D eigenvalue weighted by Gasteiger charge is 2.09. The Morgan fingerprint density at radius 1 is 1.15 bits per heavy atom. The number of aryl methyl sites for hydroxylation is 1. The van der Waals surface area contributed by atoms with Crippen molar-refractivity contribution in [3.63, 3.8) is 0 Å². The SMILES string of the molecule is Cc1cc(COc2cc(CNC(C)c3cccc(Cl)c3)ccc2Cl)no1. The molecular formula is C20H20Cl2N2O2. The molecule has 0 aliphatic carbocycles. The van der Waals surface area contributed by atoms with Crippen LogP contribution in [0.25, 0.3) is 0 Å². The minimum atomic E-state index is 0.173. The lowest BCUT2D eigenvalue weighted by atomic mass is 10.1. The van der Waals surface area contributed by atoms with Gasteiger partial charge in [-0.3, -0.25) is 0 Å². The molecule has 1 unspecified atom stereocenters. The third-order valence-corrected chi connectivity index (χ3v) is 4.56. The van der Waals surface area contributed by atoms with Crippen molar-refractivity contribution < 1.29 is 9.26 Å². The van der Waals surface area contributed by atoms with Crippen LogP contribution in [0.3, 0.4) is 0 Å². The molecular weight excluding hydrogens is 371 g/mol. The Hall–Kier alpha value is -2.01. The summed E-state index contributed by atoms with van der Waals surface area (Å²) in [6.07, 6.45) is 0. The normalized spacial score (nSPS) is 12.2. The third kappa shape index (κ3) is 5.01. The van der Waals surface area contributed by atoms with Crippen LogP contribution < -0.4 is 10.1 Å². The molecule has 2 aromatic carbocycles. The van der Waals surface area contributed by atoms with Crippen molar-refractivity contribution in [3.05, 3.63) is 81.2 Å². The molecule has 6 heteroatoms. The number of aromatic nitrogens is 1. The maximum atomic E-state index is 6.24. The van der Waals surface area contributed by atoms with Gasteiger partial charge in [-0.1, -0.05) is 46.6 Å². The van der Waals surface area contributed by atoms with Crippen molar-refractivity contribution in [3.8, 4) is 5.75 Å². The molecule has 4 nitrogen and oxygen atoms in total. The van der Waals surface area contributed by atoms with Gasteiger partial charge in [0.05, 0.1) is 5.02 Å². The van der Waals surface area contributed by atoms with Crippen LogP contribution in [0.1, 0.15) is 35.5 Å². The Balaban J connectivity index is 1.61. The maximum Gasteiger partial charge on any atom is 0.138 e. The van der Waals surface area contributed by atoms with E-state index in [2.05, 4.69) is 23.5 Å². The topological polar surface area (TPSA) is 47.3 Å². The minimum Gasteiger partial charge on any atom is -0.486 e. The first-order chi connectivity index (χ1) is 12.5.